The van der Waals surface area contributed by atoms with Gasteiger partial charge in [0.15, 0.2) is 0 Å². The minimum atomic E-state index is -4.47. The van der Waals surface area contributed by atoms with Crippen molar-refractivity contribution in [3.05, 3.63) is 75.4 Å². The van der Waals surface area contributed by atoms with Gasteiger partial charge in [0.05, 0.1) is 26.9 Å². The summed E-state index contributed by atoms with van der Waals surface area (Å²) in [6, 6.07) is 8.10. The Morgan fingerprint density at radius 2 is 1.84 bits per heavy atom. The molecule has 3 N–H and O–H groups in total. The second-order valence-corrected chi connectivity index (χ2v) is 8.42. The van der Waals surface area contributed by atoms with Crippen molar-refractivity contribution in [3.63, 3.8) is 0 Å². The van der Waals surface area contributed by atoms with E-state index in [9.17, 15) is 18.0 Å². The molecule has 0 fully saturated rings. The van der Waals surface area contributed by atoms with E-state index in [1.165, 1.54) is 6.07 Å². The first kappa shape index (κ1) is 21.6. The van der Waals surface area contributed by atoms with Gasteiger partial charge in [-0.1, -0.05) is 41.0 Å². The largest absolute Gasteiger partial charge is 0.416 e. The van der Waals surface area contributed by atoms with Crippen LogP contribution in [-0.4, -0.2) is 22.6 Å². The maximum Gasteiger partial charge on any atom is 0.416 e. The van der Waals surface area contributed by atoms with Crippen LogP contribution in [0.15, 0.2) is 64.2 Å². The van der Waals surface area contributed by atoms with Crippen LogP contribution >= 0.6 is 35.0 Å². The highest BCUT2D eigenvalue weighted by Crippen LogP contribution is 2.38. The van der Waals surface area contributed by atoms with E-state index in [1.54, 1.807) is 35.4 Å². The molecule has 4 rings (SSSR count). The Morgan fingerprint density at radius 1 is 1.13 bits per heavy atom. The number of nitrogens with two attached hydrogens (primary N) is 1. The lowest BCUT2D eigenvalue weighted by atomic mass is 10.0. The Balaban J connectivity index is 1.66. The van der Waals surface area contributed by atoms with E-state index < -0.39 is 11.7 Å². The average molecular weight is 485 g/mol. The third-order valence-corrected chi connectivity index (χ3v) is 6.17. The number of carbonyl (C=O) groups is 1. The van der Waals surface area contributed by atoms with Crippen LogP contribution in [0.1, 0.15) is 11.1 Å². The maximum absolute atomic E-state index is 12.8. The molecule has 2 heterocycles. The normalized spacial score (nSPS) is 16.2. The maximum atomic E-state index is 12.8. The van der Waals surface area contributed by atoms with Gasteiger partial charge in [0, 0.05) is 16.1 Å². The van der Waals surface area contributed by atoms with Crippen molar-refractivity contribution in [1.82, 2.24) is 10.3 Å². The highest BCUT2D eigenvalue weighted by atomic mass is 35.5. The number of nitrogen functional groups attached to an aromatic ring is 1. The van der Waals surface area contributed by atoms with Crippen LogP contribution in [0.5, 0.6) is 0 Å². The van der Waals surface area contributed by atoms with Crippen LogP contribution < -0.4 is 11.1 Å². The summed E-state index contributed by atoms with van der Waals surface area (Å²) in [6.07, 6.45) is -1.14. The number of allylic oxidation sites excluding steroid dienone is 1. The summed E-state index contributed by atoms with van der Waals surface area (Å²) < 4.78 is 38.5. The zero-order valence-corrected chi connectivity index (χ0v) is 17.8. The van der Waals surface area contributed by atoms with E-state index in [-0.39, 0.29) is 23.8 Å². The standard InChI is InChI=1S/C20H13Cl2F3N4OS/c21-11-2-1-3-12(22)17(11)18-14-5-7-16(28-29(14)9-27-19(18)30)31-15-6-4-10(8-13(15)26)20(23,24)25/h1-8H,9,26H2,(H,27,30). The number of fused-ring (bicyclic) bond motifs is 1. The Labute approximate surface area is 189 Å². The molecule has 11 heteroatoms. The van der Waals surface area contributed by atoms with Crippen molar-refractivity contribution >= 4 is 57.2 Å². The van der Waals surface area contributed by atoms with Crippen molar-refractivity contribution in [2.75, 3.05) is 12.4 Å². The van der Waals surface area contributed by atoms with Crippen molar-refractivity contribution in [2.24, 2.45) is 5.10 Å². The van der Waals surface area contributed by atoms with Crippen molar-refractivity contribution < 1.29 is 18.0 Å². The molecule has 0 unspecified atom stereocenters. The van der Waals surface area contributed by atoms with E-state index >= 15 is 0 Å². The second-order valence-electron chi connectivity index (χ2n) is 6.54. The van der Waals surface area contributed by atoms with Gasteiger partial charge in [-0.05, 0) is 42.5 Å². The molecule has 2 aromatic rings. The monoisotopic (exact) mass is 484 g/mol. The molecular weight excluding hydrogens is 472 g/mol. The molecule has 0 bridgehead atoms. The lowest BCUT2D eigenvalue weighted by molar-refractivity contribution is -0.137. The fraction of sp³-hybridized carbons (Fsp3) is 0.100. The number of nitrogens with zero attached hydrogens (tertiary/aromatic N) is 2. The fourth-order valence-corrected chi connectivity index (χ4v) is 4.49. The van der Waals surface area contributed by atoms with Crippen LogP contribution in [0.3, 0.4) is 0 Å². The first-order valence-corrected chi connectivity index (χ1v) is 10.4. The first-order chi connectivity index (χ1) is 14.6. The Bertz CT molecular complexity index is 1160. The molecule has 0 atom stereocenters. The van der Waals surface area contributed by atoms with E-state index in [4.69, 9.17) is 28.9 Å². The third-order valence-electron chi connectivity index (χ3n) is 4.52. The van der Waals surface area contributed by atoms with Crippen LogP contribution in [-0.2, 0) is 11.0 Å². The summed E-state index contributed by atoms with van der Waals surface area (Å²) in [4.78, 5) is 13.0. The summed E-state index contributed by atoms with van der Waals surface area (Å²) in [6.45, 7) is 0.108. The molecule has 2 aliphatic rings. The van der Waals surface area contributed by atoms with Gasteiger partial charge in [-0.2, -0.15) is 18.3 Å². The molecule has 0 aliphatic carbocycles. The number of hydrogen-bond acceptors (Lipinski definition) is 5. The minimum absolute atomic E-state index is 0.00671. The summed E-state index contributed by atoms with van der Waals surface area (Å²) >= 11 is 13.7. The van der Waals surface area contributed by atoms with E-state index in [0.29, 0.717) is 31.2 Å². The molecule has 0 saturated heterocycles. The third kappa shape index (κ3) is 4.26. The molecule has 0 saturated carbocycles. The second kappa shape index (κ2) is 8.14. The topological polar surface area (TPSA) is 70.7 Å². The molecule has 31 heavy (non-hydrogen) atoms. The van der Waals surface area contributed by atoms with E-state index in [2.05, 4.69) is 10.4 Å². The number of hydrogen-bond donors (Lipinski definition) is 2. The quantitative estimate of drug-likeness (QED) is 0.562. The summed E-state index contributed by atoms with van der Waals surface area (Å²) in [5.41, 5.74) is 6.16. The van der Waals surface area contributed by atoms with Gasteiger partial charge in [0.1, 0.15) is 11.7 Å². The first-order valence-electron chi connectivity index (χ1n) is 8.81. The number of alkyl halides is 3. The number of nitrogens with one attached hydrogen (secondary N) is 1. The van der Waals surface area contributed by atoms with Gasteiger partial charge in [-0.15, -0.1) is 0 Å². The van der Waals surface area contributed by atoms with Crippen molar-refractivity contribution in [2.45, 2.75) is 11.1 Å². The smallest absolute Gasteiger partial charge is 0.398 e. The van der Waals surface area contributed by atoms with Gasteiger partial charge < -0.3 is 11.1 Å². The van der Waals surface area contributed by atoms with Crippen molar-refractivity contribution in [3.8, 4) is 0 Å². The van der Waals surface area contributed by atoms with Gasteiger partial charge in [0.2, 0.25) is 0 Å². The number of carbonyl (C=O) groups excluding carboxylic acids is 1. The highest BCUT2D eigenvalue weighted by molar-refractivity contribution is 8.14. The summed E-state index contributed by atoms with van der Waals surface area (Å²) in [5, 5.41) is 9.87. The average Bonchev–Trinajstić information content (AvgIpc) is 2.70. The number of rotatable bonds is 2. The van der Waals surface area contributed by atoms with Gasteiger partial charge in [-0.3, -0.25) is 4.79 Å². The van der Waals surface area contributed by atoms with Crippen LogP contribution in [0, 0.1) is 0 Å². The number of hydrazone groups is 1. The Morgan fingerprint density at radius 3 is 2.48 bits per heavy atom. The molecule has 2 aromatic carbocycles. The molecule has 2 aliphatic heterocycles. The Hall–Kier alpha value is -2.62. The van der Waals surface area contributed by atoms with Crippen molar-refractivity contribution in [1.29, 1.82) is 0 Å². The molecule has 0 radical (unpaired) electrons. The molecule has 0 spiro atoms. The van der Waals surface area contributed by atoms with E-state index in [1.807, 2.05) is 0 Å². The van der Waals surface area contributed by atoms with Crippen LogP contribution in [0.25, 0.3) is 5.57 Å². The Kier molecular flexibility index (Phi) is 5.67. The zero-order valence-electron chi connectivity index (χ0n) is 15.5. The molecule has 160 valence electrons. The van der Waals surface area contributed by atoms with Crippen LogP contribution in [0.2, 0.25) is 10.0 Å². The predicted octanol–water partition coefficient (Wildman–Crippen LogP) is 5.37. The number of amides is 1. The molecule has 1 amide bonds. The number of anilines is 1. The summed E-state index contributed by atoms with van der Waals surface area (Å²) in [7, 11) is 0. The predicted molar refractivity (Wildman–Crippen MR) is 117 cm³/mol. The van der Waals surface area contributed by atoms with E-state index in [0.717, 1.165) is 23.9 Å². The lowest BCUT2D eigenvalue weighted by Crippen LogP contribution is -2.42. The van der Waals surface area contributed by atoms with Crippen LogP contribution in [0.4, 0.5) is 18.9 Å². The fourth-order valence-electron chi connectivity index (χ4n) is 3.09. The van der Waals surface area contributed by atoms with Gasteiger partial charge >= 0.3 is 6.18 Å². The molecule has 5 nitrogen and oxygen atoms in total. The number of thioether (sulfide) groups is 1. The van der Waals surface area contributed by atoms with Gasteiger partial charge in [-0.25, -0.2) is 5.01 Å². The molecular formula is C20H13Cl2F3N4OS. The number of benzene rings is 2. The summed E-state index contributed by atoms with van der Waals surface area (Å²) in [5.74, 6) is -0.343. The zero-order chi connectivity index (χ0) is 22.3. The lowest BCUT2D eigenvalue weighted by Gasteiger charge is -2.31. The number of halogens is 5. The highest BCUT2D eigenvalue weighted by Gasteiger charge is 2.32. The van der Waals surface area contributed by atoms with Gasteiger partial charge in [0.25, 0.3) is 5.91 Å². The molecule has 0 aromatic heterocycles. The minimum Gasteiger partial charge on any atom is -0.398 e. The SMILES string of the molecule is Nc1cc(C(F)(F)F)ccc1SC1=NN2CNC(=O)C(c3c(Cl)cccc3Cl)=C2C=C1.